The fraction of sp³-hybridized carbons (Fsp3) is 0.417. The van der Waals surface area contributed by atoms with Gasteiger partial charge in [0.15, 0.2) is 0 Å². The fourth-order valence-electron chi connectivity index (χ4n) is 3.04. The maximum absolute atomic E-state index is 13.0. The minimum atomic E-state index is -0.619. The molecule has 0 heterocycles. The van der Waals surface area contributed by atoms with Crippen molar-refractivity contribution in [2.75, 3.05) is 13.2 Å². The van der Waals surface area contributed by atoms with Crippen molar-refractivity contribution >= 4 is 46.6 Å². The van der Waals surface area contributed by atoms with Gasteiger partial charge in [-0.25, -0.2) is 0 Å². The monoisotopic (exact) mass is 498 g/mol. The van der Waals surface area contributed by atoms with Crippen molar-refractivity contribution in [3.8, 4) is 5.75 Å². The van der Waals surface area contributed by atoms with Crippen molar-refractivity contribution in [1.82, 2.24) is 10.2 Å². The molecule has 32 heavy (non-hydrogen) atoms. The molecule has 8 heteroatoms. The Balaban J connectivity index is 2.00. The van der Waals surface area contributed by atoms with Crippen LogP contribution in [0.2, 0.25) is 15.1 Å². The zero-order chi connectivity index (χ0) is 23.5. The van der Waals surface area contributed by atoms with E-state index < -0.39 is 6.04 Å². The lowest BCUT2D eigenvalue weighted by Gasteiger charge is -2.29. The number of benzene rings is 2. The minimum Gasteiger partial charge on any atom is -0.494 e. The number of hydrogen-bond donors (Lipinski definition) is 1. The Hall–Kier alpha value is -1.95. The van der Waals surface area contributed by atoms with Crippen LogP contribution in [0.3, 0.4) is 0 Å². The maximum Gasteiger partial charge on any atom is 0.242 e. The van der Waals surface area contributed by atoms with E-state index in [-0.39, 0.29) is 24.8 Å². The number of nitrogens with zero attached hydrogens (tertiary/aromatic N) is 1. The van der Waals surface area contributed by atoms with Crippen LogP contribution in [0, 0.1) is 0 Å². The van der Waals surface area contributed by atoms with Gasteiger partial charge in [-0.15, -0.1) is 0 Å². The van der Waals surface area contributed by atoms with Crippen molar-refractivity contribution in [3.63, 3.8) is 0 Å². The Bertz CT molecular complexity index is 891. The number of halogens is 3. The molecule has 2 rings (SSSR count). The van der Waals surface area contributed by atoms with Gasteiger partial charge in [0.2, 0.25) is 11.8 Å². The Labute approximate surface area is 205 Å². The summed E-state index contributed by atoms with van der Waals surface area (Å²) in [7, 11) is 0. The Morgan fingerprint density at radius 3 is 2.41 bits per heavy atom. The predicted octanol–water partition coefficient (Wildman–Crippen LogP) is 6.14. The molecule has 0 aromatic heterocycles. The van der Waals surface area contributed by atoms with Crippen LogP contribution in [0.5, 0.6) is 5.75 Å². The van der Waals surface area contributed by atoms with Crippen molar-refractivity contribution in [2.24, 2.45) is 0 Å². The molecule has 2 aromatic rings. The number of hydrogen-bond acceptors (Lipinski definition) is 3. The molecule has 0 aliphatic heterocycles. The predicted molar refractivity (Wildman–Crippen MR) is 131 cm³/mol. The molecule has 5 nitrogen and oxygen atoms in total. The van der Waals surface area contributed by atoms with Gasteiger partial charge in [-0.05, 0) is 61.7 Å². The summed E-state index contributed by atoms with van der Waals surface area (Å²) in [6.07, 6.45) is 2.64. The molecule has 0 saturated heterocycles. The molecule has 0 radical (unpaired) electrons. The number of carbonyl (C=O) groups excluding carboxylic acids is 2. The Kier molecular flexibility index (Phi) is 11.1. The normalized spacial score (nSPS) is 11.7. The highest BCUT2D eigenvalue weighted by atomic mass is 35.5. The molecule has 0 saturated carbocycles. The molecule has 1 atom stereocenters. The molecule has 2 amide bonds. The minimum absolute atomic E-state index is 0.131. The zero-order valence-electron chi connectivity index (χ0n) is 18.4. The summed E-state index contributed by atoms with van der Waals surface area (Å²) < 4.78 is 5.67. The van der Waals surface area contributed by atoms with Crippen LogP contribution >= 0.6 is 34.8 Å². The van der Waals surface area contributed by atoms with Crippen molar-refractivity contribution < 1.29 is 14.3 Å². The van der Waals surface area contributed by atoms with Crippen LogP contribution in [0.4, 0.5) is 0 Å². The summed E-state index contributed by atoms with van der Waals surface area (Å²) in [6.45, 7) is 5.02. The zero-order valence-corrected chi connectivity index (χ0v) is 20.6. The average Bonchev–Trinajstić information content (AvgIpc) is 2.78. The molecule has 0 aliphatic carbocycles. The van der Waals surface area contributed by atoms with Gasteiger partial charge >= 0.3 is 0 Å². The first-order valence-corrected chi connectivity index (χ1v) is 11.8. The van der Waals surface area contributed by atoms with Gasteiger partial charge in [0, 0.05) is 24.5 Å². The van der Waals surface area contributed by atoms with Crippen LogP contribution in [0.1, 0.15) is 45.1 Å². The third-order valence-corrected chi connectivity index (χ3v) is 5.94. The molecule has 0 aliphatic rings. The SMILES string of the molecule is CCCCNC(=O)[C@H](C)N(Cc1ccc(Cl)c(Cl)c1)C(=O)CCCOc1ccc(Cl)cc1. The molecular formula is C24H29Cl3N2O3. The molecule has 2 aromatic carbocycles. The number of rotatable bonds is 12. The van der Waals surface area contributed by atoms with Gasteiger partial charge in [-0.2, -0.15) is 0 Å². The van der Waals surface area contributed by atoms with Gasteiger partial charge in [0.05, 0.1) is 16.7 Å². The van der Waals surface area contributed by atoms with E-state index in [9.17, 15) is 9.59 Å². The summed E-state index contributed by atoms with van der Waals surface area (Å²) in [6, 6.07) is 11.7. The van der Waals surface area contributed by atoms with Gasteiger partial charge < -0.3 is 15.0 Å². The highest BCUT2D eigenvalue weighted by Crippen LogP contribution is 2.24. The summed E-state index contributed by atoms with van der Waals surface area (Å²) in [4.78, 5) is 27.2. The third-order valence-electron chi connectivity index (χ3n) is 4.95. The fourth-order valence-corrected chi connectivity index (χ4v) is 3.49. The van der Waals surface area contributed by atoms with E-state index in [4.69, 9.17) is 39.5 Å². The molecule has 0 unspecified atom stereocenters. The lowest BCUT2D eigenvalue weighted by atomic mass is 10.1. The van der Waals surface area contributed by atoms with E-state index in [1.165, 1.54) is 0 Å². The van der Waals surface area contributed by atoms with Crippen LogP contribution < -0.4 is 10.1 Å². The highest BCUT2D eigenvalue weighted by molar-refractivity contribution is 6.42. The average molecular weight is 500 g/mol. The smallest absolute Gasteiger partial charge is 0.242 e. The molecule has 174 valence electrons. The number of unbranched alkanes of at least 4 members (excludes halogenated alkanes) is 1. The summed E-state index contributed by atoms with van der Waals surface area (Å²) in [5, 5.41) is 4.39. The number of ether oxygens (including phenoxy) is 1. The van der Waals surface area contributed by atoms with Crippen molar-refractivity contribution in [2.45, 2.75) is 52.1 Å². The summed E-state index contributed by atoms with van der Waals surface area (Å²) in [5.74, 6) is 0.386. The van der Waals surface area contributed by atoms with Crippen LogP contribution in [0.25, 0.3) is 0 Å². The summed E-state index contributed by atoms with van der Waals surface area (Å²) in [5.41, 5.74) is 0.804. The molecule has 0 spiro atoms. The van der Waals surface area contributed by atoms with E-state index in [0.717, 1.165) is 18.4 Å². The lowest BCUT2D eigenvalue weighted by Crippen LogP contribution is -2.47. The topological polar surface area (TPSA) is 58.6 Å². The number of amides is 2. The molecule has 0 fully saturated rings. The van der Waals surface area contributed by atoms with Crippen molar-refractivity contribution in [3.05, 3.63) is 63.1 Å². The van der Waals surface area contributed by atoms with Gasteiger partial charge in [0.25, 0.3) is 0 Å². The maximum atomic E-state index is 13.0. The third kappa shape index (κ3) is 8.53. The Morgan fingerprint density at radius 1 is 1.03 bits per heavy atom. The van der Waals surface area contributed by atoms with E-state index in [1.54, 1.807) is 54.3 Å². The first kappa shape index (κ1) is 26.3. The Morgan fingerprint density at radius 2 is 1.75 bits per heavy atom. The second-order valence-corrected chi connectivity index (χ2v) is 8.75. The summed E-state index contributed by atoms with van der Waals surface area (Å²) >= 11 is 18.0. The second-order valence-electron chi connectivity index (χ2n) is 7.50. The first-order valence-electron chi connectivity index (χ1n) is 10.7. The highest BCUT2D eigenvalue weighted by Gasteiger charge is 2.25. The molecule has 0 bridgehead atoms. The molecule has 1 N–H and O–H groups in total. The number of carbonyl (C=O) groups is 2. The van der Waals surface area contributed by atoms with Gasteiger partial charge in [-0.3, -0.25) is 9.59 Å². The van der Waals surface area contributed by atoms with E-state index in [1.807, 2.05) is 0 Å². The van der Waals surface area contributed by atoms with Gasteiger partial charge in [0.1, 0.15) is 11.8 Å². The standard InChI is InChI=1S/C24H29Cl3N2O3/c1-3-4-13-28-24(31)17(2)29(16-18-7-12-21(26)22(27)15-18)23(30)6-5-14-32-20-10-8-19(25)9-11-20/h7-12,15,17H,3-6,13-14,16H2,1-2H3,(H,28,31)/t17-/m0/s1. The lowest BCUT2D eigenvalue weighted by molar-refractivity contribution is -0.140. The van der Waals surface area contributed by atoms with E-state index >= 15 is 0 Å². The first-order chi connectivity index (χ1) is 15.3. The quantitative estimate of drug-likeness (QED) is 0.357. The van der Waals surface area contributed by atoms with Gasteiger partial charge in [-0.1, -0.05) is 54.2 Å². The van der Waals surface area contributed by atoms with Crippen LogP contribution in [-0.2, 0) is 16.1 Å². The van der Waals surface area contributed by atoms with E-state index in [0.29, 0.717) is 40.4 Å². The molecular weight excluding hydrogens is 471 g/mol. The van der Waals surface area contributed by atoms with E-state index in [2.05, 4.69) is 12.2 Å². The number of nitrogens with one attached hydrogen (secondary N) is 1. The van der Waals surface area contributed by atoms with Crippen LogP contribution in [0.15, 0.2) is 42.5 Å². The van der Waals surface area contributed by atoms with Crippen molar-refractivity contribution in [1.29, 1.82) is 0 Å². The largest absolute Gasteiger partial charge is 0.494 e. The second kappa shape index (κ2) is 13.6. The van der Waals surface area contributed by atoms with Crippen LogP contribution in [-0.4, -0.2) is 35.9 Å².